The van der Waals surface area contributed by atoms with Gasteiger partial charge in [-0.15, -0.1) is 0 Å². The van der Waals surface area contributed by atoms with Gasteiger partial charge in [0.15, 0.2) is 0 Å². The molecule has 0 atom stereocenters. The second-order valence-electron chi connectivity index (χ2n) is 19.0. The van der Waals surface area contributed by atoms with Crippen LogP contribution in [0.3, 0.4) is 0 Å². The van der Waals surface area contributed by atoms with Crippen LogP contribution in [0.4, 0.5) is 34.1 Å². The van der Waals surface area contributed by atoms with Crippen molar-refractivity contribution >= 4 is 99.2 Å². The number of hydrogen-bond acceptors (Lipinski definition) is 4. The van der Waals surface area contributed by atoms with Gasteiger partial charge in [-0.2, -0.15) is 0 Å². The predicted octanol–water partition coefficient (Wildman–Crippen LogP) is 19.3. The van der Waals surface area contributed by atoms with Crippen LogP contribution in [0.1, 0.15) is 0 Å². The minimum Gasteiger partial charge on any atom is -0.311 e. The van der Waals surface area contributed by atoms with Gasteiger partial charge in [0.2, 0.25) is 0 Å². The molecule has 14 aromatic rings. The molecule has 0 saturated carbocycles. The van der Waals surface area contributed by atoms with Crippen LogP contribution >= 0.6 is 0 Å². The normalized spacial score (nSPS) is 11.5. The second kappa shape index (κ2) is 18.1. The first-order valence-electron chi connectivity index (χ1n) is 25.2. The number of rotatable bonds is 9. The molecule has 0 N–H and O–H groups in total. The van der Waals surface area contributed by atoms with E-state index in [-0.39, 0.29) is 0 Å². The number of anilines is 6. The van der Waals surface area contributed by atoms with E-state index < -0.39 is 0 Å². The van der Waals surface area contributed by atoms with Crippen LogP contribution in [-0.2, 0) is 0 Å². The Morgan fingerprint density at radius 2 is 0.703 bits per heavy atom. The van der Waals surface area contributed by atoms with E-state index in [4.69, 9.17) is 9.97 Å². The summed E-state index contributed by atoms with van der Waals surface area (Å²) in [6.07, 6.45) is 0. The molecule has 14 rings (SSSR count). The molecule has 0 aliphatic heterocycles. The molecule has 2 heterocycles. The van der Waals surface area contributed by atoms with Crippen molar-refractivity contribution in [1.29, 1.82) is 0 Å². The van der Waals surface area contributed by atoms with Crippen molar-refractivity contribution in [2.75, 3.05) is 9.80 Å². The Labute approximate surface area is 429 Å². The van der Waals surface area contributed by atoms with Crippen LogP contribution in [0.2, 0.25) is 0 Å². The Morgan fingerprint density at radius 3 is 1.39 bits per heavy atom. The largest absolute Gasteiger partial charge is 0.311 e. The molecule has 0 unspecified atom stereocenters. The van der Waals surface area contributed by atoms with E-state index in [1.807, 2.05) is 0 Å². The quantitative estimate of drug-likeness (QED) is 0.107. The van der Waals surface area contributed by atoms with Gasteiger partial charge >= 0.3 is 0 Å². The first kappa shape index (κ1) is 42.9. The van der Waals surface area contributed by atoms with Crippen LogP contribution in [0.25, 0.3) is 98.5 Å². The summed E-state index contributed by atoms with van der Waals surface area (Å²) in [5.74, 6) is 0. The Hall–Kier alpha value is -9.90. The van der Waals surface area contributed by atoms with Crippen LogP contribution < -0.4 is 9.80 Å². The van der Waals surface area contributed by atoms with E-state index in [9.17, 15) is 0 Å². The minimum absolute atomic E-state index is 0.910. The van der Waals surface area contributed by atoms with Crippen LogP contribution in [0.15, 0.2) is 279 Å². The minimum atomic E-state index is 0.910. The molecular weight excluding hydrogens is 897 g/mol. The van der Waals surface area contributed by atoms with Crippen molar-refractivity contribution in [3.63, 3.8) is 0 Å². The van der Waals surface area contributed by atoms with Gasteiger partial charge in [-0.25, -0.2) is 9.97 Å². The smallest absolute Gasteiger partial charge is 0.0978 e. The molecule has 4 nitrogen and oxygen atoms in total. The molecule has 0 aliphatic rings. The van der Waals surface area contributed by atoms with Crippen molar-refractivity contribution in [3.05, 3.63) is 279 Å². The summed E-state index contributed by atoms with van der Waals surface area (Å²) in [5.41, 5.74) is 16.1. The molecule has 0 radical (unpaired) electrons. The fraction of sp³-hybridized carbons (Fsp3) is 0. The highest BCUT2D eigenvalue weighted by Gasteiger charge is 2.18. The third kappa shape index (κ3) is 7.74. The lowest BCUT2D eigenvalue weighted by atomic mass is 9.95. The number of nitrogens with zero attached hydrogens (tertiary/aromatic N) is 4. The number of benzene rings is 12. The molecule has 2 aromatic heterocycles. The summed E-state index contributed by atoms with van der Waals surface area (Å²) in [6, 6.07) is 100. The lowest BCUT2D eigenvalue weighted by Gasteiger charge is -2.28. The Kier molecular flexibility index (Phi) is 10.5. The maximum absolute atomic E-state index is 5.36. The van der Waals surface area contributed by atoms with E-state index in [0.717, 1.165) is 83.7 Å². The molecule has 0 bridgehead atoms. The number of hydrogen-bond donors (Lipinski definition) is 0. The summed E-state index contributed by atoms with van der Waals surface area (Å²) in [7, 11) is 0. The van der Waals surface area contributed by atoms with Gasteiger partial charge in [-0.3, -0.25) is 0 Å². The number of pyridine rings is 2. The third-order valence-electron chi connectivity index (χ3n) is 14.5. The van der Waals surface area contributed by atoms with Crippen molar-refractivity contribution in [3.8, 4) is 33.5 Å². The average molecular weight is 943 g/mol. The highest BCUT2D eigenvalue weighted by atomic mass is 15.2. The Morgan fingerprint density at radius 1 is 0.230 bits per heavy atom. The summed E-state index contributed by atoms with van der Waals surface area (Å²) in [6.45, 7) is 0. The van der Waals surface area contributed by atoms with Crippen molar-refractivity contribution < 1.29 is 0 Å². The monoisotopic (exact) mass is 942 g/mol. The van der Waals surface area contributed by atoms with Crippen molar-refractivity contribution in [2.24, 2.45) is 0 Å². The zero-order valence-corrected chi connectivity index (χ0v) is 40.3. The predicted molar refractivity (Wildman–Crippen MR) is 313 cm³/mol. The lowest BCUT2D eigenvalue weighted by Crippen LogP contribution is -2.12. The zero-order chi connectivity index (χ0) is 49.0. The van der Waals surface area contributed by atoms with E-state index in [0.29, 0.717) is 0 Å². The summed E-state index contributed by atoms with van der Waals surface area (Å²) in [5, 5.41) is 10.5. The van der Waals surface area contributed by atoms with Gasteiger partial charge in [-0.1, -0.05) is 170 Å². The molecule has 0 fully saturated rings. The number of fused-ring (bicyclic) bond motifs is 7. The van der Waals surface area contributed by atoms with Gasteiger partial charge < -0.3 is 9.80 Å². The number of aromatic nitrogens is 2. The fourth-order valence-corrected chi connectivity index (χ4v) is 10.9. The Balaban J connectivity index is 0.789. The van der Waals surface area contributed by atoms with Gasteiger partial charge in [0, 0.05) is 61.4 Å². The maximum atomic E-state index is 5.36. The third-order valence-corrected chi connectivity index (χ3v) is 14.5. The molecule has 4 heteroatoms. The highest BCUT2D eigenvalue weighted by Crippen LogP contribution is 2.42. The number of para-hydroxylation sites is 3. The highest BCUT2D eigenvalue weighted by molar-refractivity contribution is 6.16. The van der Waals surface area contributed by atoms with E-state index in [1.165, 1.54) is 49.0 Å². The fourth-order valence-electron chi connectivity index (χ4n) is 10.9. The molecule has 0 spiro atoms. The van der Waals surface area contributed by atoms with Crippen molar-refractivity contribution in [2.45, 2.75) is 0 Å². The van der Waals surface area contributed by atoms with E-state index in [2.05, 4.69) is 289 Å². The van der Waals surface area contributed by atoms with Gasteiger partial charge in [0.25, 0.3) is 0 Å². The van der Waals surface area contributed by atoms with Gasteiger partial charge in [-0.05, 0) is 158 Å². The van der Waals surface area contributed by atoms with E-state index >= 15 is 0 Å². The molecule has 0 aliphatic carbocycles. The average Bonchev–Trinajstić information content (AvgIpc) is 3.47. The first-order chi connectivity index (χ1) is 36.6. The van der Waals surface area contributed by atoms with Crippen molar-refractivity contribution in [1.82, 2.24) is 9.97 Å². The summed E-state index contributed by atoms with van der Waals surface area (Å²) < 4.78 is 0. The zero-order valence-electron chi connectivity index (χ0n) is 40.3. The molecule has 346 valence electrons. The topological polar surface area (TPSA) is 32.3 Å². The Bertz CT molecular complexity index is 4360. The summed E-state index contributed by atoms with van der Waals surface area (Å²) >= 11 is 0. The standard InChI is InChI=1S/C70H46N4/c1-4-15-49(16-5-1)68-64-22-12-13-23-67(64)72-70-65(68)40-31-50-32-41-66(71-69(50)70)55-27-26-54-43-56-42-52(24-25-53(56)44-57(54)45-55)48-28-33-60(34-29-48)74(63-35-30-47-14-10-11-17-51(47)46-63)62-38-36-61(37-39-62)73(58-18-6-2-7-19-58)59-20-8-3-9-21-59/h1-46H. The molecule has 0 amide bonds. The molecule has 74 heavy (non-hydrogen) atoms. The SMILES string of the molecule is c1ccc(-c2c3ccccc3nc3c2ccc2ccc(-c4ccc5cc6cc(-c7ccc(N(c8ccc(N(c9ccccc9)c9ccccc9)cc8)c8ccc9ccccc9c8)cc7)ccc6cc5c4)nc23)cc1. The van der Waals surface area contributed by atoms with Crippen LogP contribution in [0.5, 0.6) is 0 Å². The molecule has 12 aromatic carbocycles. The lowest BCUT2D eigenvalue weighted by molar-refractivity contribution is 1.26. The van der Waals surface area contributed by atoms with Crippen LogP contribution in [-0.4, -0.2) is 9.97 Å². The first-order valence-corrected chi connectivity index (χ1v) is 25.2. The molecule has 0 saturated heterocycles. The maximum Gasteiger partial charge on any atom is 0.0978 e. The summed E-state index contributed by atoms with van der Waals surface area (Å²) in [4.78, 5) is 15.3. The van der Waals surface area contributed by atoms with Crippen LogP contribution in [0, 0.1) is 0 Å². The molecular formula is C70H46N4. The van der Waals surface area contributed by atoms with E-state index in [1.54, 1.807) is 0 Å². The second-order valence-corrected chi connectivity index (χ2v) is 19.0. The van der Waals surface area contributed by atoms with Gasteiger partial charge in [0.05, 0.1) is 22.2 Å². The van der Waals surface area contributed by atoms with Gasteiger partial charge in [0.1, 0.15) is 0 Å².